The van der Waals surface area contributed by atoms with Crippen molar-refractivity contribution in [2.45, 2.75) is 76.7 Å². The van der Waals surface area contributed by atoms with Crippen molar-refractivity contribution >= 4 is 17.8 Å². The number of urea groups is 1. The molecule has 1 aliphatic rings. The number of hydrogen-bond acceptors (Lipinski definition) is 7. The lowest BCUT2D eigenvalue weighted by atomic mass is 9.76. The van der Waals surface area contributed by atoms with Crippen LogP contribution in [0.2, 0.25) is 0 Å². The van der Waals surface area contributed by atoms with E-state index in [1.54, 1.807) is 12.1 Å². The lowest BCUT2D eigenvalue weighted by Crippen LogP contribution is -2.53. The van der Waals surface area contributed by atoms with Crippen LogP contribution in [0.3, 0.4) is 0 Å². The predicted molar refractivity (Wildman–Crippen MR) is 140 cm³/mol. The summed E-state index contributed by atoms with van der Waals surface area (Å²) in [6.07, 6.45) is 7.16. The fourth-order valence-electron chi connectivity index (χ4n) is 5.01. The number of ether oxygens (including phenoxy) is 3. The van der Waals surface area contributed by atoms with Crippen LogP contribution < -0.4 is 25.3 Å². The predicted octanol–water partition coefficient (Wildman–Crippen LogP) is 3.34. The van der Waals surface area contributed by atoms with Gasteiger partial charge in [0.2, 0.25) is 17.6 Å². The molecular formula is C27H43N3O7. The molecule has 10 heteroatoms. The fraction of sp³-hybridized carbons (Fsp3) is 0.667. The first-order valence-corrected chi connectivity index (χ1v) is 13.1. The van der Waals surface area contributed by atoms with E-state index in [1.165, 1.54) is 26.2 Å². The summed E-state index contributed by atoms with van der Waals surface area (Å²) >= 11 is 0. The smallest absolute Gasteiger partial charge is 0.324 e. The van der Waals surface area contributed by atoms with Gasteiger partial charge in [0.25, 0.3) is 0 Å². The number of primary amides is 1. The highest BCUT2D eigenvalue weighted by Crippen LogP contribution is 2.44. The first kappa shape index (κ1) is 30.2. The number of rotatable bonds is 14. The number of hydrogen-bond donors (Lipinski definition) is 3. The minimum absolute atomic E-state index is 0.0231. The number of imide groups is 1. The molecule has 1 saturated carbocycles. The number of methoxy groups -OCH3 is 3. The summed E-state index contributed by atoms with van der Waals surface area (Å²) in [7, 11) is 4.56. The number of aliphatic hydroxyl groups is 1. The van der Waals surface area contributed by atoms with E-state index < -0.39 is 23.9 Å². The van der Waals surface area contributed by atoms with Crippen LogP contribution in [0.5, 0.6) is 17.2 Å². The monoisotopic (exact) mass is 521 g/mol. The molecule has 2 atom stereocenters. The molecule has 0 aromatic heterocycles. The molecule has 0 bridgehead atoms. The maximum absolute atomic E-state index is 14.2. The van der Waals surface area contributed by atoms with E-state index in [9.17, 15) is 19.5 Å². The Balaban J connectivity index is 2.53. The third-order valence-corrected chi connectivity index (χ3v) is 6.99. The van der Waals surface area contributed by atoms with Crippen molar-refractivity contribution in [3.8, 4) is 17.2 Å². The molecule has 0 saturated heterocycles. The molecule has 208 valence electrons. The minimum atomic E-state index is -1.08. The largest absolute Gasteiger partial charge is 0.493 e. The van der Waals surface area contributed by atoms with Crippen LogP contribution in [-0.4, -0.2) is 68.4 Å². The first-order chi connectivity index (χ1) is 17.8. The molecule has 2 rings (SSSR count). The minimum Gasteiger partial charge on any atom is -0.493 e. The maximum atomic E-state index is 14.2. The van der Waals surface area contributed by atoms with E-state index in [0.29, 0.717) is 29.2 Å². The van der Waals surface area contributed by atoms with Gasteiger partial charge in [-0.2, -0.15) is 0 Å². The highest BCUT2D eigenvalue weighted by atomic mass is 16.5. The number of nitrogens with one attached hydrogen (secondary N) is 1. The Morgan fingerprint density at radius 2 is 1.68 bits per heavy atom. The molecule has 4 amide bonds. The standard InChI is InChI=1S/C27H43N3O7/c1-5-6-10-14-30(27(34)29-20(13-15-31)25(28)32)26(33)23(18-11-8-7-9-12-18)19-16-21(35-2)24(37-4)22(17-19)36-3/h16-18,20,23,31H,5-15H2,1-4H3,(H2,28,32)(H,29,34)/t20-,23?/m0/s1. The maximum Gasteiger partial charge on any atom is 0.324 e. The van der Waals surface area contributed by atoms with Gasteiger partial charge >= 0.3 is 6.03 Å². The molecule has 0 spiro atoms. The van der Waals surface area contributed by atoms with Gasteiger partial charge in [-0.15, -0.1) is 0 Å². The van der Waals surface area contributed by atoms with Gasteiger partial charge in [0, 0.05) is 13.2 Å². The Morgan fingerprint density at radius 3 is 2.16 bits per heavy atom. The Hall–Kier alpha value is -3.01. The van der Waals surface area contributed by atoms with E-state index in [4.69, 9.17) is 19.9 Å². The number of aliphatic hydroxyl groups excluding tert-OH is 1. The van der Waals surface area contributed by atoms with Crippen molar-refractivity contribution in [3.05, 3.63) is 17.7 Å². The van der Waals surface area contributed by atoms with Crippen molar-refractivity contribution < 1.29 is 33.7 Å². The number of unbranched alkanes of at least 4 members (excludes halogenated alkanes) is 2. The van der Waals surface area contributed by atoms with Gasteiger partial charge in [-0.25, -0.2) is 4.79 Å². The van der Waals surface area contributed by atoms with Crippen LogP contribution in [0.25, 0.3) is 0 Å². The van der Waals surface area contributed by atoms with Crippen LogP contribution in [-0.2, 0) is 9.59 Å². The molecule has 37 heavy (non-hydrogen) atoms. The second-order valence-electron chi connectivity index (χ2n) is 9.45. The normalized spacial score (nSPS) is 15.4. The van der Waals surface area contributed by atoms with Crippen LogP contribution in [0.4, 0.5) is 4.79 Å². The average Bonchev–Trinajstić information content (AvgIpc) is 2.90. The molecule has 10 nitrogen and oxygen atoms in total. The Bertz CT molecular complexity index is 877. The van der Waals surface area contributed by atoms with Crippen LogP contribution in [0.1, 0.15) is 76.2 Å². The number of nitrogens with two attached hydrogens (primary N) is 1. The van der Waals surface area contributed by atoms with Gasteiger partial charge < -0.3 is 30.4 Å². The van der Waals surface area contributed by atoms with E-state index in [-0.39, 0.29) is 31.4 Å². The first-order valence-electron chi connectivity index (χ1n) is 13.1. The van der Waals surface area contributed by atoms with E-state index >= 15 is 0 Å². The van der Waals surface area contributed by atoms with Gasteiger partial charge in [0.1, 0.15) is 6.04 Å². The number of carbonyl (C=O) groups excluding carboxylic acids is 3. The van der Waals surface area contributed by atoms with Crippen molar-refractivity contribution in [2.75, 3.05) is 34.5 Å². The Labute approximate surface area is 219 Å². The molecule has 1 aliphatic carbocycles. The topological polar surface area (TPSA) is 140 Å². The molecule has 1 fully saturated rings. The number of benzene rings is 1. The molecule has 0 radical (unpaired) electrons. The molecular weight excluding hydrogens is 478 g/mol. The van der Waals surface area contributed by atoms with E-state index in [2.05, 4.69) is 5.32 Å². The summed E-state index contributed by atoms with van der Waals surface area (Å²) in [6.45, 7) is 1.92. The summed E-state index contributed by atoms with van der Waals surface area (Å²) in [6, 6.07) is 1.79. The summed E-state index contributed by atoms with van der Waals surface area (Å²) in [5, 5.41) is 11.9. The molecule has 1 unspecified atom stereocenters. The van der Waals surface area contributed by atoms with Gasteiger partial charge in [-0.05, 0) is 49.3 Å². The average molecular weight is 522 g/mol. The summed E-state index contributed by atoms with van der Waals surface area (Å²) in [4.78, 5) is 40.6. The second-order valence-corrected chi connectivity index (χ2v) is 9.45. The molecule has 1 aromatic carbocycles. The lowest BCUT2D eigenvalue weighted by molar-refractivity contribution is -0.132. The lowest BCUT2D eigenvalue weighted by Gasteiger charge is -2.34. The quantitative estimate of drug-likeness (QED) is 0.319. The van der Waals surface area contributed by atoms with E-state index in [0.717, 1.165) is 44.9 Å². The van der Waals surface area contributed by atoms with Crippen molar-refractivity contribution in [2.24, 2.45) is 11.7 Å². The van der Waals surface area contributed by atoms with Gasteiger partial charge in [-0.3, -0.25) is 14.5 Å². The summed E-state index contributed by atoms with van der Waals surface area (Å²) in [5.74, 6) is -0.414. The SMILES string of the molecule is CCCCCN(C(=O)N[C@@H](CCO)C(N)=O)C(=O)C(c1cc(OC)c(OC)c(OC)c1)C1CCCCC1. The van der Waals surface area contributed by atoms with Crippen LogP contribution in [0.15, 0.2) is 12.1 Å². The zero-order valence-corrected chi connectivity index (χ0v) is 22.6. The molecule has 1 aromatic rings. The van der Waals surface area contributed by atoms with Crippen molar-refractivity contribution in [1.82, 2.24) is 10.2 Å². The number of amides is 4. The zero-order valence-electron chi connectivity index (χ0n) is 22.6. The van der Waals surface area contributed by atoms with Gasteiger partial charge in [-0.1, -0.05) is 39.0 Å². The zero-order chi connectivity index (χ0) is 27.4. The highest BCUT2D eigenvalue weighted by Gasteiger charge is 2.38. The Kier molecular flexibility index (Phi) is 12.5. The summed E-state index contributed by atoms with van der Waals surface area (Å²) < 4.78 is 16.6. The van der Waals surface area contributed by atoms with Crippen molar-refractivity contribution in [1.29, 1.82) is 0 Å². The van der Waals surface area contributed by atoms with Gasteiger partial charge in [0.05, 0.1) is 27.2 Å². The molecule has 0 heterocycles. The Morgan fingerprint density at radius 1 is 1.05 bits per heavy atom. The van der Waals surface area contributed by atoms with Crippen LogP contribution in [0, 0.1) is 5.92 Å². The third-order valence-electron chi connectivity index (χ3n) is 6.99. The number of nitrogens with zero attached hydrogens (tertiary/aromatic N) is 1. The molecule has 4 N–H and O–H groups in total. The van der Waals surface area contributed by atoms with Gasteiger partial charge in [0.15, 0.2) is 11.5 Å². The third kappa shape index (κ3) is 7.99. The number of carbonyl (C=O) groups is 3. The van der Waals surface area contributed by atoms with Crippen molar-refractivity contribution in [3.63, 3.8) is 0 Å². The van der Waals surface area contributed by atoms with E-state index in [1.807, 2.05) is 6.92 Å². The fourth-order valence-corrected chi connectivity index (χ4v) is 5.01. The molecule has 0 aliphatic heterocycles. The highest BCUT2D eigenvalue weighted by molar-refractivity contribution is 5.99. The second kappa shape index (κ2) is 15.3. The summed E-state index contributed by atoms with van der Waals surface area (Å²) in [5.41, 5.74) is 6.10. The van der Waals surface area contributed by atoms with Crippen LogP contribution >= 0.6 is 0 Å².